The van der Waals surface area contributed by atoms with Gasteiger partial charge in [-0.15, -0.1) is 0 Å². The van der Waals surface area contributed by atoms with Crippen LogP contribution in [0.4, 0.5) is 11.4 Å². The van der Waals surface area contributed by atoms with Crippen molar-refractivity contribution in [3.63, 3.8) is 0 Å². The summed E-state index contributed by atoms with van der Waals surface area (Å²) in [4.78, 5) is 18.3. The lowest BCUT2D eigenvalue weighted by Crippen LogP contribution is -2.25. The molecule has 0 saturated carbocycles. The van der Waals surface area contributed by atoms with Gasteiger partial charge in [-0.25, -0.2) is 0 Å². The number of unbranched alkanes of at least 4 members (excludes halogenated alkanes) is 4. The van der Waals surface area contributed by atoms with Gasteiger partial charge in [0.1, 0.15) is 0 Å². The third-order valence-electron chi connectivity index (χ3n) is 7.08. The maximum Gasteiger partial charge on any atom is 0.184 e. The van der Waals surface area contributed by atoms with Gasteiger partial charge in [0.25, 0.3) is 0 Å². The Morgan fingerprint density at radius 1 is 0.605 bits per heavy atom. The number of benzene rings is 2. The van der Waals surface area contributed by atoms with E-state index in [-0.39, 0.29) is 5.78 Å². The Morgan fingerprint density at radius 3 is 1.26 bits per heavy atom. The largest absolute Gasteiger partial charge is 0.372 e. The van der Waals surface area contributed by atoms with Crippen LogP contribution >= 0.6 is 0 Å². The molecule has 0 spiro atoms. The minimum absolute atomic E-state index is 0.100. The molecule has 3 heteroatoms. The quantitative estimate of drug-likeness (QED) is 0.184. The van der Waals surface area contributed by atoms with Gasteiger partial charge in [0, 0.05) is 37.6 Å². The summed E-state index contributed by atoms with van der Waals surface area (Å²) in [5, 5.41) is 0. The fourth-order valence-electron chi connectivity index (χ4n) is 4.70. The van der Waals surface area contributed by atoms with Crippen molar-refractivity contribution in [3.8, 4) is 0 Å². The zero-order valence-electron chi connectivity index (χ0n) is 25.1. The molecule has 0 saturated heterocycles. The normalized spacial score (nSPS) is 12.1. The van der Waals surface area contributed by atoms with Crippen molar-refractivity contribution in [2.45, 2.75) is 92.9 Å². The first-order chi connectivity index (χ1) is 18.4. The first-order valence-corrected chi connectivity index (χ1v) is 15.0. The van der Waals surface area contributed by atoms with Gasteiger partial charge >= 0.3 is 0 Å². The summed E-state index contributed by atoms with van der Waals surface area (Å²) in [5.41, 5.74) is 6.22. The van der Waals surface area contributed by atoms with E-state index in [2.05, 4.69) is 86.0 Å². The second-order valence-corrected chi connectivity index (χ2v) is 10.6. The summed E-state index contributed by atoms with van der Waals surface area (Å²) < 4.78 is 0. The van der Waals surface area contributed by atoms with Gasteiger partial charge in [0.15, 0.2) is 5.78 Å². The molecular weight excluding hydrogens is 464 g/mol. The Bertz CT molecular complexity index is 938. The molecule has 0 N–H and O–H groups in total. The van der Waals surface area contributed by atoms with Crippen LogP contribution in [0.5, 0.6) is 0 Å². The van der Waals surface area contributed by atoms with Crippen LogP contribution in [0.25, 0.3) is 12.2 Å². The number of anilines is 2. The molecule has 0 fully saturated rings. The highest BCUT2D eigenvalue weighted by Gasteiger charge is 2.11. The van der Waals surface area contributed by atoms with Gasteiger partial charge in [-0.2, -0.15) is 0 Å². The second-order valence-electron chi connectivity index (χ2n) is 10.6. The molecule has 2 aromatic carbocycles. The Morgan fingerprint density at radius 2 is 0.947 bits per heavy atom. The average molecular weight is 517 g/mol. The second kappa shape index (κ2) is 17.7. The fraction of sp³-hybridized carbons (Fsp3) is 0.514. The molecule has 0 unspecified atom stereocenters. The molecule has 3 nitrogen and oxygen atoms in total. The van der Waals surface area contributed by atoms with Crippen molar-refractivity contribution in [1.29, 1.82) is 0 Å². The highest BCUT2D eigenvalue weighted by molar-refractivity contribution is 6.12. The van der Waals surface area contributed by atoms with Crippen molar-refractivity contribution >= 4 is 29.3 Å². The Balaban J connectivity index is 2.21. The molecule has 0 radical (unpaired) electrons. The average Bonchev–Trinajstić information content (AvgIpc) is 2.93. The molecule has 0 aliphatic carbocycles. The number of Topliss-reactive ketones (excluding diaryl/α,β-unsaturated/α-hetero) is 1. The number of hydrogen-bond acceptors (Lipinski definition) is 3. The van der Waals surface area contributed by atoms with Crippen molar-refractivity contribution in [3.05, 3.63) is 70.8 Å². The zero-order chi connectivity index (χ0) is 27.8. The lowest BCUT2D eigenvalue weighted by molar-refractivity contribution is -0.112. The standard InChI is InChI=1S/C35H52N2O/c1-7-11-21-36(22-12-8-2)33-19-15-17-31(27-33)25-29(5)35(38)30(6)26-32-18-16-20-34(28-32)37(23-13-9-3)24-14-10-4/h15-20,25-28H,7-14,21-24H2,1-6H3. The van der Waals surface area contributed by atoms with E-state index in [1.165, 1.54) is 62.7 Å². The van der Waals surface area contributed by atoms with Crippen molar-refractivity contribution < 1.29 is 4.79 Å². The molecule has 2 rings (SSSR count). The Labute approximate surface area is 233 Å². The molecule has 0 aromatic heterocycles. The lowest BCUT2D eigenvalue weighted by Gasteiger charge is -2.25. The highest BCUT2D eigenvalue weighted by atomic mass is 16.1. The van der Waals surface area contributed by atoms with Gasteiger partial charge in [-0.3, -0.25) is 4.79 Å². The molecule has 208 valence electrons. The lowest BCUT2D eigenvalue weighted by atomic mass is 10.0. The van der Waals surface area contributed by atoms with Crippen molar-refractivity contribution in [2.24, 2.45) is 0 Å². The van der Waals surface area contributed by atoms with Gasteiger partial charge in [0.05, 0.1) is 0 Å². The first-order valence-electron chi connectivity index (χ1n) is 15.0. The third-order valence-corrected chi connectivity index (χ3v) is 7.08. The zero-order valence-corrected chi connectivity index (χ0v) is 25.1. The van der Waals surface area contributed by atoms with Crippen LogP contribution in [0, 0.1) is 0 Å². The van der Waals surface area contributed by atoms with E-state index in [9.17, 15) is 4.79 Å². The summed E-state index contributed by atoms with van der Waals surface area (Å²) in [7, 11) is 0. The molecule has 0 amide bonds. The molecule has 2 aromatic rings. The monoisotopic (exact) mass is 516 g/mol. The molecule has 0 bridgehead atoms. The van der Waals surface area contributed by atoms with Crippen molar-refractivity contribution in [1.82, 2.24) is 0 Å². The predicted octanol–water partition coefficient (Wildman–Crippen LogP) is 9.58. The van der Waals surface area contributed by atoms with E-state index < -0.39 is 0 Å². The van der Waals surface area contributed by atoms with Crippen molar-refractivity contribution in [2.75, 3.05) is 36.0 Å². The SMILES string of the molecule is CCCCN(CCCC)c1cccc(C=C(C)C(=O)C(C)=Cc2cccc(N(CCCC)CCCC)c2)c1. The van der Waals surface area contributed by atoms with Gasteiger partial charge in [-0.05, 0) is 98.2 Å². The van der Waals surface area contributed by atoms with Crippen LogP contribution in [-0.2, 0) is 4.79 Å². The predicted molar refractivity (Wildman–Crippen MR) is 169 cm³/mol. The molecular formula is C35H52N2O. The number of allylic oxidation sites excluding steroid dienone is 2. The number of carbonyl (C=O) groups excluding carboxylic acids is 1. The molecule has 38 heavy (non-hydrogen) atoms. The van der Waals surface area contributed by atoms with E-state index in [1.54, 1.807) is 0 Å². The van der Waals surface area contributed by atoms with Gasteiger partial charge in [-0.1, -0.05) is 77.6 Å². The Hall–Kier alpha value is -2.81. The van der Waals surface area contributed by atoms with Crippen LogP contribution in [0.3, 0.4) is 0 Å². The molecule has 0 heterocycles. The van der Waals surface area contributed by atoms with E-state index in [0.29, 0.717) is 0 Å². The maximum atomic E-state index is 13.3. The molecule has 0 atom stereocenters. The van der Waals surface area contributed by atoms with E-state index in [0.717, 1.165) is 48.5 Å². The number of nitrogens with zero attached hydrogens (tertiary/aromatic N) is 2. The van der Waals surface area contributed by atoms with Crippen LogP contribution in [0.15, 0.2) is 59.7 Å². The number of hydrogen-bond donors (Lipinski definition) is 0. The van der Waals surface area contributed by atoms with Crippen LogP contribution in [0.1, 0.15) is 104 Å². The molecule has 0 aliphatic rings. The van der Waals surface area contributed by atoms with Crippen LogP contribution < -0.4 is 9.80 Å². The summed E-state index contributed by atoms with van der Waals surface area (Å²) in [6.45, 7) is 17.2. The van der Waals surface area contributed by atoms with Gasteiger partial charge in [0.2, 0.25) is 0 Å². The summed E-state index contributed by atoms with van der Waals surface area (Å²) in [5.74, 6) is 0.100. The van der Waals surface area contributed by atoms with Gasteiger partial charge < -0.3 is 9.80 Å². The molecule has 0 aliphatic heterocycles. The minimum Gasteiger partial charge on any atom is -0.372 e. The summed E-state index contributed by atoms with van der Waals surface area (Å²) in [6.07, 6.45) is 13.6. The van der Waals surface area contributed by atoms with E-state index >= 15 is 0 Å². The topological polar surface area (TPSA) is 23.6 Å². The summed E-state index contributed by atoms with van der Waals surface area (Å²) in [6, 6.07) is 17.3. The smallest absolute Gasteiger partial charge is 0.184 e. The third kappa shape index (κ3) is 10.5. The van der Waals surface area contributed by atoms with E-state index in [4.69, 9.17) is 0 Å². The Kier molecular flexibility index (Phi) is 14.6. The maximum absolute atomic E-state index is 13.3. The minimum atomic E-state index is 0.100. The fourth-order valence-corrected chi connectivity index (χ4v) is 4.70. The first kappa shape index (κ1) is 31.4. The number of carbonyl (C=O) groups is 1. The summed E-state index contributed by atoms with van der Waals surface area (Å²) >= 11 is 0. The van der Waals surface area contributed by atoms with Crippen LogP contribution in [-0.4, -0.2) is 32.0 Å². The number of rotatable bonds is 18. The number of ketones is 1. The van der Waals surface area contributed by atoms with Crippen LogP contribution in [0.2, 0.25) is 0 Å². The van der Waals surface area contributed by atoms with E-state index in [1.807, 2.05) is 26.0 Å². The highest BCUT2D eigenvalue weighted by Crippen LogP contribution is 2.23.